The lowest BCUT2D eigenvalue weighted by atomic mass is 9.82. The molecular formula is C26H37N3O6Si. The SMILES string of the molecule is C[C@@H]1[C@@H]([Si](C)(C)O)[C@H](CC(=O)N2CCC[C@H]2CO)O[C@@]12C(=O)Nc1ccc(N3CCCCC3=O)cc12. The van der Waals surface area contributed by atoms with Crippen LogP contribution < -0.4 is 10.2 Å². The normalized spacial score (nSPS) is 32.4. The molecule has 0 bridgehead atoms. The second kappa shape index (κ2) is 9.23. The van der Waals surface area contributed by atoms with Gasteiger partial charge in [0.1, 0.15) is 0 Å². The molecule has 4 heterocycles. The maximum atomic E-state index is 13.6. The number of nitrogens with one attached hydrogen (secondary N) is 1. The van der Waals surface area contributed by atoms with E-state index in [4.69, 9.17) is 4.74 Å². The second-order valence-corrected chi connectivity index (χ2v) is 15.3. The van der Waals surface area contributed by atoms with Crippen LogP contribution in [0.25, 0.3) is 0 Å². The van der Waals surface area contributed by atoms with Crippen LogP contribution in [-0.4, -0.2) is 72.7 Å². The summed E-state index contributed by atoms with van der Waals surface area (Å²) in [4.78, 5) is 54.3. The lowest BCUT2D eigenvalue weighted by molar-refractivity contribution is -0.148. The summed E-state index contributed by atoms with van der Waals surface area (Å²) in [7, 11) is -2.87. The van der Waals surface area contributed by atoms with E-state index in [1.54, 1.807) is 9.80 Å². The van der Waals surface area contributed by atoms with E-state index in [9.17, 15) is 24.3 Å². The molecule has 3 fully saturated rings. The molecule has 0 saturated carbocycles. The van der Waals surface area contributed by atoms with Gasteiger partial charge in [0, 0.05) is 47.9 Å². The molecule has 5 atom stereocenters. The summed E-state index contributed by atoms with van der Waals surface area (Å²) in [6.45, 7) is 6.75. The zero-order valence-electron chi connectivity index (χ0n) is 21.3. The Hall–Kier alpha value is -2.27. The zero-order valence-corrected chi connectivity index (χ0v) is 22.3. The first-order chi connectivity index (χ1) is 17.1. The van der Waals surface area contributed by atoms with Crippen LogP contribution in [0.1, 0.15) is 51.0 Å². The Bertz CT molecular complexity index is 1070. The van der Waals surface area contributed by atoms with E-state index >= 15 is 0 Å². The molecule has 3 amide bonds. The van der Waals surface area contributed by atoms with Crippen LogP contribution in [0.3, 0.4) is 0 Å². The molecule has 4 aliphatic heterocycles. The third-order valence-electron chi connectivity index (χ3n) is 8.64. The van der Waals surface area contributed by atoms with Crippen LogP contribution in [0.5, 0.6) is 0 Å². The average Bonchev–Trinajstić information content (AvgIpc) is 3.49. The van der Waals surface area contributed by atoms with Crippen molar-refractivity contribution in [3.63, 3.8) is 0 Å². The van der Waals surface area contributed by atoms with Crippen LogP contribution >= 0.6 is 0 Å². The molecule has 0 unspecified atom stereocenters. The van der Waals surface area contributed by atoms with E-state index in [0.29, 0.717) is 30.8 Å². The fourth-order valence-electron chi connectivity index (χ4n) is 6.97. The van der Waals surface area contributed by atoms with Gasteiger partial charge >= 0.3 is 0 Å². The number of piperidine rings is 1. The molecule has 9 nitrogen and oxygen atoms in total. The van der Waals surface area contributed by atoms with Crippen molar-refractivity contribution >= 4 is 37.4 Å². The lowest BCUT2D eigenvalue weighted by Crippen LogP contribution is -2.44. The predicted octanol–water partition coefficient (Wildman–Crippen LogP) is 2.33. The molecule has 4 aliphatic rings. The van der Waals surface area contributed by atoms with Crippen molar-refractivity contribution in [1.82, 2.24) is 4.90 Å². The highest BCUT2D eigenvalue weighted by atomic mass is 28.4. The number of hydrogen-bond acceptors (Lipinski definition) is 6. The maximum Gasteiger partial charge on any atom is 0.261 e. The summed E-state index contributed by atoms with van der Waals surface area (Å²) in [5.74, 6) is -0.708. The third-order valence-corrected chi connectivity index (χ3v) is 11.1. The Morgan fingerprint density at radius 3 is 2.69 bits per heavy atom. The topological polar surface area (TPSA) is 119 Å². The van der Waals surface area contributed by atoms with Crippen LogP contribution in [0.15, 0.2) is 18.2 Å². The molecule has 10 heteroatoms. The number of ether oxygens (including phenoxy) is 1. The molecule has 1 aromatic rings. The van der Waals surface area contributed by atoms with Crippen molar-refractivity contribution in [1.29, 1.82) is 0 Å². The van der Waals surface area contributed by atoms with Gasteiger partial charge in [0.25, 0.3) is 5.91 Å². The number of hydrogen-bond donors (Lipinski definition) is 3. The van der Waals surface area contributed by atoms with Crippen molar-refractivity contribution in [2.24, 2.45) is 5.92 Å². The number of rotatable bonds is 5. The van der Waals surface area contributed by atoms with Crippen molar-refractivity contribution in [3.05, 3.63) is 23.8 Å². The fourth-order valence-corrected chi connectivity index (χ4v) is 9.53. The van der Waals surface area contributed by atoms with E-state index in [0.717, 1.165) is 31.4 Å². The minimum Gasteiger partial charge on any atom is -0.432 e. The number of carbonyl (C=O) groups is 3. The lowest BCUT2D eigenvalue weighted by Gasteiger charge is -2.33. The number of nitrogens with zero attached hydrogens (tertiary/aromatic N) is 2. The first-order valence-corrected chi connectivity index (χ1v) is 16.2. The van der Waals surface area contributed by atoms with Gasteiger partial charge < -0.3 is 29.8 Å². The smallest absolute Gasteiger partial charge is 0.261 e. The molecule has 1 aromatic carbocycles. The number of fused-ring (bicyclic) bond motifs is 2. The number of carbonyl (C=O) groups excluding carboxylic acids is 3. The fraction of sp³-hybridized carbons (Fsp3) is 0.654. The number of amides is 3. The second-order valence-electron chi connectivity index (χ2n) is 11.3. The standard InChI is InChI=1S/C26H37N3O6Si/c1-16-24(36(2,3)34)21(14-23(32)29-12-6-7-18(29)15-30)35-26(16)19-13-17(9-10-20(19)27-25(26)33)28-11-5-4-8-22(28)31/h9-10,13,16,18,21,24,30,34H,4-8,11-12,14-15H2,1-3H3,(H,27,33)/t16-,18+,21+,24-,26+/m1/s1. The molecule has 3 N–H and O–H groups in total. The van der Waals surface area contributed by atoms with Crippen LogP contribution in [0.4, 0.5) is 11.4 Å². The summed E-state index contributed by atoms with van der Waals surface area (Å²) in [6, 6.07) is 5.36. The van der Waals surface area contributed by atoms with Gasteiger partial charge in [-0.05, 0) is 57.0 Å². The zero-order chi connectivity index (χ0) is 25.8. The summed E-state index contributed by atoms with van der Waals surface area (Å²) < 4.78 is 6.62. The van der Waals surface area contributed by atoms with E-state index in [1.165, 1.54) is 0 Å². The Morgan fingerprint density at radius 1 is 1.22 bits per heavy atom. The Kier molecular flexibility index (Phi) is 6.51. The highest BCUT2D eigenvalue weighted by molar-refractivity contribution is 6.71. The summed E-state index contributed by atoms with van der Waals surface area (Å²) in [6.07, 6.45) is 3.36. The number of anilines is 2. The highest BCUT2D eigenvalue weighted by Crippen LogP contribution is 2.58. The van der Waals surface area contributed by atoms with Crippen molar-refractivity contribution in [2.45, 2.75) is 81.8 Å². The Morgan fingerprint density at radius 2 is 2.00 bits per heavy atom. The van der Waals surface area contributed by atoms with Crippen molar-refractivity contribution in [2.75, 3.05) is 29.9 Å². The molecule has 36 heavy (non-hydrogen) atoms. The van der Waals surface area contributed by atoms with Gasteiger partial charge in [0.05, 0.1) is 25.2 Å². The number of likely N-dealkylation sites (tertiary alicyclic amines) is 1. The van der Waals surface area contributed by atoms with E-state index in [-0.39, 0.29) is 48.3 Å². The van der Waals surface area contributed by atoms with Crippen LogP contribution in [0.2, 0.25) is 18.6 Å². The highest BCUT2D eigenvalue weighted by Gasteiger charge is 2.65. The summed E-state index contributed by atoms with van der Waals surface area (Å²) in [5.41, 5.74) is 0.360. The minimum absolute atomic E-state index is 0.0527. The molecular weight excluding hydrogens is 478 g/mol. The van der Waals surface area contributed by atoms with Gasteiger partial charge in [-0.15, -0.1) is 0 Å². The van der Waals surface area contributed by atoms with Crippen molar-refractivity contribution < 1.29 is 29.0 Å². The molecule has 0 radical (unpaired) electrons. The van der Waals surface area contributed by atoms with Crippen LogP contribution in [0, 0.1) is 5.92 Å². The van der Waals surface area contributed by atoms with E-state index < -0.39 is 20.0 Å². The van der Waals surface area contributed by atoms with Gasteiger partial charge in [0.15, 0.2) is 13.9 Å². The third kappa shape index (κ3) is 3.98. The van der Waals surface area contributed by atoms with E-state index in [2.05, 4.69) is 5.32 Å². The van der Waals surface area contributed by atoms with Gasteiger partial charge in [0.2, 0.25) is 11.8 Å². The first-order valence-electron chi connectivity index (χ1n) is 13.1. The minimum atomic E-state index is -2.87. The predicted molar refractivity (Wildman–Crippen MR) is 137 cm³/mol. The summed E-state index contributed by atoms with van der Waals surface area (Å²) in [5, 5.41) is 12.7. The van der Waals surface area contributed by atoms with Crippen molar-refractivity contribution in [3.8, 4) is 0 Å². The van der Waals surface area contributed by atoms with Gasteiger partial charge in [-0.1, -0.05) is 6.92 Å². The van der Waals surface area contributed by atoms with Gasteiger partial charge in [-0.25, -0.2) is 0 Å². The first kappa shape index (κ1) is 25.4. The largest absolute Gasteiger partial charge is 0.432 e. The maximum absolute atomic E-state index is 13.6. The molecule has 0 aromatic heterocycles. The molecule has 196 valence electrons. The molecule has 1 spiro atoms. The monoisotopic (exact) mass is 515 g/mol. The van der Waals surface area contributed by atoms with Gasteiger partial charge in [-0.2, -0.15) is 0 Å². The molecule has 0 aliphatic carbocycles. The summed E-state index contributed by atoms with van der Waals surface area (Å²) >= 11 is 0. The van der Waals surface area contributed by atoms with E-state index in [1.807, 2.05) is 38.2 Å². The van der Waals surface area contributed by atoms with Gasteiger partial charge in [-0.3, -0.25) is 14.4 Å². The number of aliphatic hydroxyl groups excluding tert-OH is 1. The molecule has 5 rings (SSSR count). The average molecular weight is 516 g/mol. The Labute approximate surface area is 212 Å². The quantitative estimate of drug-likeness (QED) is 0.518. The number of benzene rings is 1. The Balaban J connectivity index is 1.50. The van der Waals surface area contributed by atoms with Crippen LogP contribution in [-0.2, 0) is 24.7 Å². The molecule has 3 saturated heterocycles. The number of aliphatic hydroxyl groups is 1.